The van der Waals surface area contributed by atoms with E-state index in [-0.39, 0.29) is 9.92 Å². The van der Waals surface area contributed by atoms with Crippen molar-refractivity contribution in [1.82, 2.24) is 0 Å². The molecule has 0 fully saturated rings. The van der Waals surface area contributed by atoms with E-state index < -0.39 is 22.1 Å². The lowest BCUT2D eigenvalue weighted by molar-refractivity contribution is -0.274. The van der Waals surface area contributed by atoms with E-state index in [2.05, 4.69) is 4.74 Å². The maximum absolute atomic E-state index is 12.2. The second-order valence-electron chi connectivity index (χ2n) is 4.27. The van der Waals surface area contributed by atoms with Crippen LogP contribution in [-0.2, 0) is 10.0 Å². The number of sulfonamides is 1. The SMILES string of the molecule is NS(=O)(=O)c1ccc(-c2cccc(OC(F)(F)F)c2)cc1Cl. The first kappa shape index (κ1) is 16.6. The first-order chi connectivity index (χ1) is 10.1. The average Bonchev–Trinajstić information content (AvgIpc) is 2.35. The molecule has 0 aliphatic carbocycles. The van der Waals surface area contributed by atoms with Gasteiger partial charge in [0.25, 0.3) is 0 Å². The third kappa shape index (κ3) is 4.12. The molecule has 0 saturated carbocycles. The van der Waals surface area contributed by atoms with Gasteiger partial charge in [0.15, 0.2) is 0 Å². The predicted molar refractivity (Wildman–Crippen MR) is 74.9 cm³/mol. The van der Waals surface area contributed by atoms with Crippen LogP contribution < -0.4 is 9.88 Å². The number of primary sulfonamides is 1. The van der Waals surface area contributed by atoms with Crippen LogP contribution in [0.25, 0.3) is 11.1 Å². The summed E-state index contributed by atoms with van der Waals surface area (Å²) in [5.74, 6) is -0.392. The van der Waals surface area contributed by atoms with E-state index in [4.69, 9.17) is 16.7 Å². The minimum atomic E-state index is -4.80. The third-order valence-corrected chi connectivity index (χ3v) is 4.03. The van der Waals surface area contributed by atoms with Gasteiger partial charge in [0.1, 0.15) is 10.6 Å². The van der Waals surface area contributed by atoms with Gasteiger partial charge in [-0.15, -0.1) is 13.2 Å². The molecule has 2 aromatic carbocycles. The fraction of sp³-hybridized carbons (Fsp3) is 0.0769. The molecule has 0 atom stereocenters. The van der Waals surface area contributed by atoms with Gasteiger partial charge in [0.2, 0.25) is 10.0 Å². The van der Waals surface area contributed by atoms with E-state index in [1.54, 1.807) is 0 Å². The summed E-state index contributed by atoms with van der Waals surface area (Å²) in [7, 11) is -3.97. The van der Waals surface area contributed by atoms with Crippen molar-refractivity contribution >= 4 is 21.6 Å². The molecule has 0 aliphatic heterocycles. The summed E-state index contributed by atoms with van der Waals surface area (Å²) in [6.45, 7) is 0. The summed E-state index contributed by atoms with van der Waals surface area (Å²) in [6.07, 6.45) is -4.80. The van der Waals surface area contributed by atoms with Crippen molar-refractivity contribution in [2.75, 3.05) is 0 Å². The van der Waals surface area contributed by atoms with Crippen LogP contribution in [-0.4, -0.2) is 14.8 Å². The lowest BCUT2D eigenvalue weighted by Crippen LogP contribution is -2.17. The molecule has 0 heterocycles. The number of rotatable bonds is 3. The zero-order chi connectivity index (χ0) is 16.5. The highest BCUT2D eigenvalue weighted by Crippen LogP contribution is 2.31. The number of ether oxygens (including phenoxy) is 1. The van der Waals surface area contributed by atoms with Crippen molar-refractivity contribution in [2.24, 2.45) is 5.14 Å². The normalized spacial score (nSPS) is 12.2. The van der Waals surface area contributed by atoms with Crippen LogP contribution >= 0.6 is 11.6 Å². The number of halogens is 4. The zero-order valence-electron chi connectivity index (χ0n) is 10.8. The van der Waals surface area contributed by atoms with Crippen molar-refractivity contribution < 1.29 is 26.3 Å². The first-order valence-electron chi connectivity index (χ1n) is 5.75. The van der Waals surface area contributed by atoms with Gasteiger partial charge >= 0.3 is 6.36 Å². The molecular weight excluding hydrogens is 343 g/mol. The highest BCUT2D eigenvalue weighted by atomic mass is 35.5. The number of hydrogen-bond acceptors (Lipinski definition) is 3. The Kier molecular flexibility index (Phi) is 4.37. The Morgan fingerprint density at radius 1 is 1.05 bits per heavy atom. The Morgan fingerprint density at radius 3 is 2.23 bits per heavy atom. The van der Waals surface area contributed by atoms with Crippen LogP contribution in [0, 0.1) is 0 Å². The lowest BCUT2D eigenvalue weighted by Gasteiger charge is -2.11. The fourth-order valence-electron chi connectivity index (χ4n) is 1.78. The maximum atomic E-state index is 12.2. The van der Waals surface area contributed by atoms with E-state index in [0.717, 1.165) is 12.1 Å². The van der Waals surface area contributed by atoms with Gasteiger partial charge in [0.05, 0.1) is 5.02 Å². The summed E-state index contributed by atoms with van der Waals surface area (Å²) >= 11 is 5.84. The molecular formula is C13H9ClF3NO3S. The molecule has 2 rings (SSSR count). The van der Waals surface area contributed by atoms with Crippen LogP contribution in [0.5, 0.6) is 5.75 Å². The number of benzene rings is 2. The summed E-state index contributed by atoms with van der Waals surface area (Å²) < 4.78 is 62.9. The molecule has 22 heavy (non-hydrogen) atoms. The first-order valence-corrected chi connectivity index (χ1v) is 7.67. The number of alkyl halides is 3. The highest BCUT2D eigenvalue weighted by molar-refractivity contribution is 7.89. The van der Waals surface area contributed by atoms with Gasteiger partial charge in [-0.2, -0.15) is 0 Å². The van der Waals surface area contributed by atoms with Crippen molar-refractivity contribution in [3.63, 3.8) is 0 Å². The molecule has 0 aliphatic rings. The monoisotopic (exact) mass is 351 g/mol. The molecule has 0 aromatic heterocycles. The molecule has 9 heteroatoms. The average molecular weight is 352 g/mol. The van der Waals surface area contributed by atoms with Gasteiger partial charge in [-0.1, -0.05) is 29.8 Å². The van der Waals surface area contributed by atoms with E-state index in [9.17, 15) is 21.6 Å². The molecule has 0 radical (unpaired) electrons. The van der Waals surface area contributed by atoms with Crippen molar-refractivity contribution in [1.29, 1.82) is 0 Å². The number of hydrogen-bond donors (Lipinski definition) is 1. The van der Waals surface area contributed by atoms with E-state index in [0.29, 0.717) is 11.1 Å². The predicted octanol–water partition coefficient (Wildman–Crippen LogP) is 3.55. The van der Waals surface area contributed by atoms with Crippen LogP contribution in [0.1, 0.15) is 0 Å². The fourth-order valence-corrected chi connectivity index (χ4v) is 2.88. The van der Waals surface area contributed by atoms with Crippen molar-refractivity contribution in [3.8, 4) is 16.9 Å². The van der Waals surface area contributed by atoms with E-state index in [1.807, 2.05) is 0 Å². The Labute approximate surface area is 129 Å². The molecule has 2 N–H and O–H groups in total. The third-order valence-electron chi connectivity index (χ3n) is 2.64. The summed E-state index contributed by atoms with van der Waals surface area (Å²) in [5, 5.41) is 4.86. The van der Waals surface area contributed by atoms with Gasteiger partial charge in [0, 0.05) is 0 Å². The van der Waals surface area contributed by atoms with Gasteiger partial charge in [-0.3, -0.25) is 0 Å². The van der Waals surface area contributed by atoms with Gasteiger partial charge < -0.3 is 4.74 Å². The molecule has 0 unspecified atom stereocenters. The molecule has 118 valence electrons. The highest BCUT2D eigenvalue weighted by Gasteiger charge is 2.31. The summed E-state index contributed by atoms with van der Waals surface area (Å²) in [5.41, 5.74) is 0.801. The minimum absolute atomic E-state index is 0.123. The largest absolute Gasteiger partial charge is 0.573 e. The summed E-state index contributed by atoms with van der Waals surface area (Å²) in [6, 6.07) is 9.09. The molecule has 0 spiro atoms. The lowest BCUT2D eigenvalue weighted by atomic mass is 10.1. The van der Waals surface area contributed by atoms with Crippen molar-refractivity contribution in [2.45, 2.75) is 11.3 Å². The van der Waals surface area contributed by atoms with E-state index >= 15 is 0 Å². The molecule has 0 bridgehead atoms. The Balaban J connectivity index is 2.41. The zero-order valence-corrected chi connectivity index (χ0v) is 12.3. The smallest absolute Gasteiger partial charge is 0.406 e. The van der Waals surface area contributed by atoms with Crippen LogP contribution in [0.3, 0.4) is 0 Å². The van der Waals surface area contributed by atoms with Crippen LogP contribution in [0.2, 0.25) is 5.02 Å². The molecule has 2 aromatic rings. The summed E-state index contributed by atoms with van der Waals surface area (Å²) in [4.78, 5) is -0.263. The maximum Gasteiger partial charge on any atom is 0.573 e. The standard InChI is InChI=1S/C13H9ClF3NO3S/c14-11-7-9(4-5-12(11)22(18,19)20)8-2-1-3-10(6-8)21-13(15,16)17/h1-7H,(H2,18,19,20). The van der Waals surface area contributed by atoms with Crippen LogP contribution in [0.15, 0.2) is 47.4 Å². The Hall–Kier alpha value is -1.77. The Bertz CT molecular complexity index is 806. The van der Waals surface area contributed by atoms with E-state index in [1.165, 1.54) is 30.3 Å². The topological polar surface area (TPSA) is 69.4 Å². The minimum Gasteiger partial charge on any atom is -0.406 e. The molecule has 0 saturated heterocycles. The Morgan fingerprint density at radius 2 is 1.68 bits per heavy atom. The molecule has 0 amide bonds. The van der Waals surface area contributed by atoms with Gasteiger partial charge in [-0.05, 0) is 35.4 Å². The second-order valence-corrected chi connectivity index (χ2v) is 6.20. The van der Waals surface area contributed by atoms with Crippen LogP contribution in [0.4, 0.5) is 13.2 Å². The quantitative estimate of drug-likeness (QED) is 0.919. The molecule has 4 nitrogen and oxygen atoms in total. The number of nitrogens with two attached hydrogens (primary N) is 1. The van der Waals surface area contributed by atoms with Crippen molar-refractivity contribution in [3.05, 3.63) is 47.5 Å². The van der Waals surface area contributed by atoms with Gasteiger partial charge in [-0.25, -0.2) is 13.6 Å². The second kappa shape index (κ2) is 5.79.